The van der Waals surface area contributed by atoms with Crippen LogP contribution in [0.4, 0.5) is 0 Å². The van der Waals surface area contributed by atoms with Gasteiger partial charge >= 0.3 is 0 Å². The first-order chi connectivity index (χ1) is 18.9. The van der Waals surface area contributed by atoms with Gasteiger partial charge in [-0.1, -0.05) is 96.1 Å². The summed E-state index contributed by atoms with van der Waals surface area (Å²) < 4.78 is 0. The fraction of sp³-hybridized carbons (Fsp3) is 0.278. The highest BCUT2D eigenvalue weighted by Crippen LogP contribution is 2.67. The lowest BCUT2D eigenvalue weighted by atomic mass is 9.53. The van der Waals surface area contributed by atoms with E-state index in [1.54, 1.807) is 0 Å². The molecule has 1 saturated carbocycles. The largest absolute Gasteiger partial charge is 0.294 e. The maximum absolute atomic E-state index is 15.1. The standard InChI is InChI=1S/C36H33NO2/c1-23-12-16-25(17-13-23)21-28-9-6-20-35(33(28)38)31(26-18-14-24(2)15-19-26)22-37(3)36(35)30-11-5-8-27-7-4-10-29(32(27)30)34(36)39/h4-5,7-8,10-19,21,31H,6,9,20,22H2,1-3H3/b28-21+/t31-,35+,36+/m1/s1. The summed E-state index contributed by atoms with van der Waals surface area (Å²) in [7, 11) is 2.06. The SMILES string of the molecule is Cc1ccc(/C=C2\CCC[C@@]3(C2=O)[C@@H](c2ccc(C)cc2)CN(C)[C@@]32C(=O)c3cccc4cccc2c34)cc1. The van der Waals surface area contributed by atoms with Crippen LogP contribution in [0.15, 0.2) is 90.5 Å². The van der Waals surface area contributed by atoms with Crippen LogP contribution in [0.3, 0.4) is 0 Å². The monoisotopic (exact) mass is 511 g/mol. The topological polar surface area (TPSA) is 37.4 Å². The normalized spacial score (nSPS) is 27.5. The molecule has 2 spiro atoms. The molecule has 3 heteroatoms. The van der Waals surface area contributed by atoms with E-state index in [0.29, 0.717) is 13.0 Å². The Hall–Kier alpha value is -3.82. The second kappa shape index (κ2) is 8.59. The molecule has 1 aliphatic heterocycles. The number of aryl methyl sites for hydroxylation is 2. The molecule has 2 aliphatic carbocycles. The number of rotatable bonds is 2. The van der Waals surface area contributed by atoms with E-state index in [4.69, 9.17) is 0 Å². The zero-order valence-electron chi connectivity index (χ0n) is 22.8. The van der Waals surface area contributed by atoms with Gasteiger partial charge in [0.25, 0.3) is 0 Å². The number of allylic oxidation sites excluding steroid dienone is 1. The molecule has 0 amide bonds. The predicted molar refractivity (Wildman–Crippen MR) is 157 cm³/mol. The van der Waals surface area contributed by atoms with E-state index in [1.807, 2.05) is 12.1 Å². The molecule has 7 rings (SSSR count). The molecule has 0 unspecified atom stereocenters. The maximum atomic E-state index is 15.1. The van der Waals surface area contributed by atoms with Gasteiger partial charge in [-0.25, -0.2) is 0 Å². The molecule has 3 atom stereocenters. The van der Waals surface area contributed by atoms with Crippen LogP contribution in [0.1, 0.15) is 63.4 Å². The summed E-state index contributed by atoms with van der Waals surface area (Å²) in [4.78, 5) is 32.2. The molecule has 3 aliphatic rings. The fourth-order valence-electron chi connectivity index (χ4n) is 8.07. The summed E-state index contributed by atoms with van der Waals surface area (Å²) in [6.45, 7) is 4.82. The Morgan fingerprint density at radius 3 is 2.21 bits per heavy atom. The van der Waals surface area contributed by atoms with Crippen molar-refractivity contribution >= 4 is 28.4 Å². The molecule has 0 N–H and O–H groups in total. The van der Waals surface area contributed by atoms with Gasteiger partial charge in [0.1, 0.15) is 5.54 Å². The molecular formula is C36H33NO2. The molecule has 0 aromatic heterocycles. The van der Waals surface area contributed by atoms with Crippen molar-refractivity contribution in [3.63, 3.8) is 0 Å². The average Bonchev–Trinajstić information content (AvgIpc) is 3.36. The number of Topliss-reactive ketones (excluding diaryl/α,β-unsaturated/α-hetero) is 2. The highest BCUT2D eigenvalue weighted by atomic mass is 16.1. The van der Waals surface area contributed by atoms with Gasteiger partial charge in [-0.3, -0.25) is 14.5 Å². The first kappa shape index (κ1) is 24.2. The number of carbonyl (C=O) groups is 2. The Balaban J connectivity index is 1.51. The number of ketones is 2. The third-order valence-electron chi connectivity index (χ3n) is 9.75. The zero-order chi connectivity index (χ0) is 26.9. The van der Waals surface area contributed by atoms with E-state index in [1.165, 1.54) is 11.1 Å². The van der Waals surface area contributed by atoms with Gasteiger partial charge in [-0.15, -0.1) is 0 Å². The average molecular weight is 512 g/mol. The fourth-order valence-corrected chi connectivity index (χ4v) is 8.07. The lowest BCUT2D eigenvalue weighted by molar-refractivity contribution is -0.132. The molecule has 4 aromatic rings. The summed E-state index contributed by atoms with van der Waals surface area (Å²) in [6.07, 6.45) is 4.38. The maximum Gasteiger partial charge on any atom is 0.189 e. The first-order valence-corrected chi connectivity index (χ1v) is 14.0. The van der Waals surface area contributed by atoms with Gasteiger partial charge in [0.2, 0.25) is 0 Å². The van der Waals surface area contributed by atoms with Crippen molar-refractivity contribution < 1.29 is 9.59 Å². The summed E-state index contributed by atoms with van der Waals surface area (Å²) in [5.41, 5.74) is 5.24. The van der Waals surface area contributed by atoms with Crippen LogP contribution in [0, 0.1) is 19.3 Å². The molecule has 3 nitrogen and oxygen atoms in total. The number of fused-ring (bicyclic) bond motifs is 2. The Morgan fingerprint density at radius 1 is 0.821 bits per heavy atom. The summed E-state index contributed by atoms with van der Waals surface area (Å²) >= 11 is 0. The first-order valence-electron chi connectivity index (χ1n) is 14.0. The van der Waals surface area contributed by atoms with Crippen LogP contribution in [0.2, 0.25) is 0 Å². The highest BCUT2D eigenvalue weighted by molar-refractivity contribution is 6.24. The lowest BCUT2D eigenvalue weighted by Gasteiger charge is -2.49. The molecule has 4 aromatic carbocycles. The van der Waals surface area contributed by atoms with Crippen molar-refractivity contribution in [2.45, 2.75) is 44.6 Å². The molecule has 2 fully saturated rings. The minimum absolute atomic E-state index is 0.0800. The number of hydrogen-bond acceptors (Lipinski definition) is 3. The third-order valence-corrected chi connectivity index (χ3v) is 9.75. The van der Waals surface area contributed by atoms with Gasteiger partial charge in [-0.2, -0.15) is 0 Å². The van der Waals surface area contributed by atoms with Crippen LogP contribution in [0.25, 0.3) is 16.8 Å². The Morgan fingerprint density at radius 2 is 1.49 bits per heavy atom. The van der Waals surface area contributed by atoms with E-state index >= 15 is 4.79 Å². The van der Waals surface area contributed by atoms with E-state index in [9.17, 15) is 4.79 Å². The van der Waals surface area contributed by atoms with Gasteiger partial charge in [0.05, 0.1) is 5.41 Å². The molecule has 39 heavy (non-hydrogen) atoms. The van der Waals surface area contributed by atoms with Crippen molar-refractivity contribution in [1.29, 1.82) is 0 Å². The van der Waals surface area contributed by atoms with Crippen molar-refractivity contribution in [2.75, 3.05) is 13.6 Å². The van der Waals surface area contributed by atoms with Gasteiger partial charge < -0.3 is 0 Å². The quantitative estimate of drug-likeness (QED) is 0.263. The van der Waals surface area contributed by atoms with E-state index in [0.717, 1.165) is 51.4 Å². The smallest absolute Gasteiger partial charge is 0.189 e. The van der Waals surface area contributed by atoms with Crippen LogP contribution in [-0.4, -0.2) is 30.1 Å². The second-order valence-corrected chi connectivity index (χ2v) is 11.8. The minimum Gasteiger partial charge on any atom is -0.294 e. The summed E-state index contributed by atoms with van der Waals surface area (Å²) in [5, 5.41) is 2.08. The minimum atomic E-state index is -1.03. The van der Waals surface area contributed by atoms with Crippen LogP contribution >= 0.6 is 0 Å². The Labute approximate surface area is 230 Å². The molecule has 0 bridgehead atoms. The van der Waals surface area contributed by atoms with Crippen molar-refractivity contribution in [3.05, 3.63) is 124 Å². The van der Waals surface area contributed by atoms with Crippen molar-refractivity contribution in [3.8, 4) is 0 Å². The van der Waals surface area contributed by atoms with Crippen molar-refractivity contribution in [2.24, 2.45) is 5.41 Å². The molecule has 1 saturated heterocycles. The van der Waals surface area contributed by atoms with Crippen LogP contribution in [0.5, 0.6) is 0 Å². The predicted octanol–water partition coefficient (Wildman–Crippen LogP) is 7.40. The second-order valence-electron chi connectivity index (χ2n) is 11.8. The van der Waals surface area contributed by atoms with Gasteiger partial charge in [0, 0.05) is 18.0 Å². The van der Waals surface area contributed by atoms with Crippen LogP contribution in [-0.2, 0) is 10.3 Å². The number of carbonyl (C=O) groups excluding carboxylic acids is 2. The van der Waals surface area contributed by atoms with Gasteiger partial charge in [0.15, 0.2) is 11.6 Å². The zero-order valence-corrected chi connectivity index (χ0v) is 22.8. The lowest BCUT2D eigenvalue weighted by Crippen LogP contribution is -2.59. The molecule has 1 heterocycles. The van der Waals surface area contributed by atoms with Gasteiger partial charge in [-0.05, 0) is 79.3 Å². The summed E-state index contributed by atoms with van der Waals surface area (Å²) in [6, 6.07) is 29.2. The molecular weight excluding hydrogens is 478 g/mol. The molecule has 0 radical (unpaired) electrons. The molecule has 194 valence electrons. The Bertz CT molecular complexity index is 1670. The van der Waals surface area contributed by atoms with E-state index in [2.05, 4.69) is 105 Å². The van der Waals surface area contributed by atoms with Crippen LogP contribution < -0.4 is 0 Å². The van der Waals surface area contributed by atoms with E-state index in [-0.39, 0.29) is 17.5 Å². The van der Waals surface area contributed by atoms with E-state index < -0.39 is 11.0 Å². The number of likely N-dealkylation sites (tertiary alicyclic amines) is 1. The summed E-state index contributed by atoms with van der Waals surface area (Å²) in [5.74, 6) is 0.129. The number of likely N-dealkylation sites (N-methyl/N-ethyl adjacent to an activating group) is 1. The Kier molecular flexibility index (Phi) is 5.34. The van der Waals surface area contributed by atoms with Crippen molar-refractivity contribution in [1.82, 2.24) is 4.90 Å². The number of benzene rings is 4. The third kappa shape index (κ3) is 3.14. The number of hydrogen-bond donors (Lipinski definition) is 0. The highest BCUT2D eigenvalue weighted by Gasteiger charge is 2.73. The number of nitrogens with zero attached hydrogens (tertiary/aromatic N) is 1.